The summed E-state index contributed by atoms with van der Waals surface area (Å²) in [7, 11) is -0.767. The second-order valence-electron chi connectivity index (χ2n) is 4.28. The molecule has 114 valence electrons. The first-order valence-corrected chi connectivity index (χ1v) is 8.36. The Kier molecular flexibility index (Phi) is 4.38. The van der Waals surface area contributed by atoms with Crippen molar-refractivity contribution >= 4 is 26.5 Å². The molecule has 0 unspecified atom stereocenters. The number of aromatic nitrogens is 1. The number of benzene rings is 1. The van der Waals surface area contributed by atoms with E-state index in [0.29, 0.717) is 16.6 Å². The van der Waals surface area contributed by atoms with Crippen LogP contribution in [-0.4, -0.2) is 27.6 Å². The summed E-state index contributed by atoms with van der Waals surface area (Å²) in [6.07, 6.45) is 0. The Bertz CT molecular complexity index is 734. The van der Waals surface area contributed by atoms with Crippen molar-refractivity contribution < 1.29 is 17.9 Å². The van der Waals surface area contributed by atoms with Crippen LogP contribution in [0.2, 0.25) is 0 Å². The van der Waals surface area contributed by atoms with E-state index in [0.717, 1.165) is 10.6 Å². The number of rotatable bonds is 5. The van der Waals surface area contributed by atoms with Gasteiger partial charge in [0.05, 0.1) is 24.8 Å². The van der Waals surface area contributed by atoms with Crippen molar-refractivity contribution in [2.24, 2.45) is 0 Å². The first-order chi connectivity index (χ1) is 9.87. The van der Waals surface area contributed by atoms with Crippen LogP contribution in [0.1, 0.15) is 10.6 Å². The summed E-state index contributed by atoms with van der Waals surface area (Å²) in [4.78, 5) is 5.23. The van der Waals surface area contributed by atoms with Crippen LogP contribution in [0.25, 0.3) is 0 Å². The fourth-order valence-electron chi connectivity index (χ4n) is 1.67. The van der Waals surface area contributed by atoms with Crippen LogP contribution < -0.4 is 14.2 Å². The van der Waals surface area contributed by atoms with Gasteiger partial charge in [0.15, 0.2) is 16.6 Å². The monoisotopic (exact) mass is 328 g/mol. The van der Waals surface area contributed by atoms with Gasteiger partial charge in [-0.25, -0.2) is 13.4 Å². The first-order valence-electron chi connectivity index (χ1n) is 6.06. The highest BCUT2D eigenvalue weighted by atomic mass is 32.2. The number of hydrogen-bond donors (Lipinski definition) is 1. The van der Waals surface area contributed by atoms with E-state index in [4.69, 9.17) is 9.47 Å². The van der Waals surface area contributed by atoms with E-state index in [1.54, 1.807) is 6.07 Å². The summed E-state index contributed by atoms with van der Waals surface area (Å²) in [5.41, 5.74) is 0.810. The van der Waals surface area contributed by atoms with Crippen LogP contribution in [0, 0.1) is 13.8 Å². The van der Waals surface area contributed by atoms with Crippen molar-refractivity contribution in [1.82, 2.24) is 4.98 Å². The van der Waals surface area contributed by atoms with E-state index in [1.165, 1.54) is 37.7 Å². The quantitative estimate of drug-likeness (QED) is 0.913. The topological polar surface area (TPSA) is 77.5 Å². The molecule has 0 atom stereocenters. The maximum absolute atomic E-state index is 12.3. The molecular weight excluding hydrogens is 312 g/mol. The van der Waals surface area contributed by atoms with E-state index >= 15 is 0 Å². The predicted molar refractivity (Wildman–Crippen MR) is 81.9 cm³/mol. The highest BCUT2D eigenvalue weighted by Gasteiger charge is 2.19. The maximum atomic E-state index is 12.3. The molecule has 0 radical (unpaired) electrons. The molecule has 1 heterocycles. The second kappa shape index (κ2) is 5.90. The normalized spacial score (nSPS) is 11.2. The fraction of sp³-hybridized carbons (Fsp3) is 0.308. The third kappa shape index (κ3) is 3.27. The Hall–Kier alpha value is -1.80. The Labute approximate surface area is 127 Å². The van der Waals surface area contributed by atoms with Crippen LogP contribution in [0.5, 0.6) is 11.5 Å². The average Bonchev–Trinajstić information content (AvgIpc) is 2.75. The van der Waals surface area contributed by atoms with Crippen molar-refractivity contribution in [3.63, 3.8) is 0 Å². The standard InChI is InChI=1S/C13H16N2O4S2/c1-8-9(2)20-13(14-8)15-21(16,17)10-5-6-11(18-3)12(7-10)19-4/h5-7H,1-4H3,(H,14,15). The van der Waals surface area contributed by atoms with Crippen LogP contribution in [0.4, 0.5) is 5.13 Å². The Morgan fingerprint density at radius 1 is 1.14 bits per heavy atom. The molecule has 0 aliphatic heterocycles. The largest absolute Gasteiger partial charge is 0.493 e. The van der Waals surface area contributed by atoms with Gasteiger partial charge >= 0.3 is 0 Å². The molecule has 1 aromatic heterocycles. The lowest BCUT2D eigenvalue weighted by Gasteiger charge is -2.10. The second-order valence-corrected chi connectivity index (χ2v) is 7.17. The number of aryl methyl sites for hydroxylation is 2. The van der Waals surface area contributed by atoms with E-state index < -0.39 is 10.0 Å². The molecule has 0 fully saturated rings. The molecule has 1 aromatic carbocycles. The Morgan fingerprint density at radius 3 is 2.33 bits per heavy atom. The van der Waals surface area contributed by atoms with Crippen LogP contribution >= 0.6 is 11.3 Å². The maximum Gasteiger partial charge on any atom is 0.263 e. The van der Waals surface area contributed by atoms with Crippen molar-refractivity contribution in [3.8, 4) is 11.5 Å². The van der Waals surface area contributed by atoms with Crippen molar-refractivity contribution in [2.75, 3.05) is 18.9 Å². The van der Waals surface area contributed by atoms with Gasteiger partial charge in [-0.1, -0.05) is 0 Å². The van der Waals surface area contributed by atoms with Gasteiger partial charge in [-0.15, -0.1) is 11.3 Å². The molecule has 0 aliphatic rings. The molecule has 21 heavy (non-hydrogen) atoms. The third-order valence-corrected chi connectivity index (χ3v) is 5.37. The molecule has 0 spiro atoms. The van der Waals surface area contributed by atoms with E-state index in [-0.39, 0.29) is 4.90 Å². The van der Waals surface area contributed by atoms with Gasteiger partial charge in [0, 0.05) is 10.9 Å². The molecule has 1 N–H and O–H groups in total. The van der Waals surface area contributed by atoms with Crippen LogP contribution in [0.15, 0.2) is 23.1 Å². The minimum atomic E-state index is -3.71. The number of anilines is 1. The van der Waals surface area contributed by atoms with Gasteiger partial charge < -0.3 is 9.47 Å². The average molecular weight is 328 g/mol. The number of nitrogens with zero attached hydrogens (tertiary/aromatic N) is 1. The minimum Gasteiger partial charge on any atom is -0.493 e. The van der Waals surface area contributed by atoms with Gasteiger partial charge in [-0.05, 0) is 26.0 Å². The molecule has 6 nitrogen and oxygen atoms in total. The molecule has 0 amide bonds. The number of ether oxygens (including phenoxy) is 2. The number of sulfonamides is 1. The van der Waals surface area contributed by atoms with Gasteiger partial charge in [0.2, 0.25) is 0 Å². The van der Waals surface area contributed by atoms with E-state index in [1.807, 2.05) is 13.8 Å². The predicted octanol–water partition coefficient (Wildman–Crippen LogP) is 2.58. The highest BCUT2D eigenvalue weighted by Crippen LogP contribution is 2.31. The summed E-state index contributed by atoms with van der Waals surface area (Å²) in [5, 5.41) is 0.347. The van der Waals surface area contributed by atoms with Crippen molar-refractivity contribution in [2.45, 2.75) is 18.7 Å². The molecule has 2 rings (SSSR count). The fourth-order valence-corrected chi connectivity index (χ4v) is 3.74. The summed E-state index contributed by atoms with van der Waals surface area (Å²) in [6, 6.07) is 4.41. The summed E-state index contributed by atoms with van der Waals surface area (Å²) >= 11 is 1.30. The van der Waals surface area contributed by atoms with Gasteiger partial charge in [0.25, 0.3) is 10.0 Å². The van der Waals surface area contributed by atoms with E-state index in [2.05, 4.69) is 9.71 Å². The third-order valence-electron chi connectivity index (χ3n) is 2.92. The van der Waals surface area contributed by atoms with E-state index in [9.17, 15) is 8.42 Å². The first kappa shape index (κ1) is 15.6. The molecule has 0 saturated carbocycles. The van der Waals surface area contributed by atoms with Crippen molar-refractivity contribution in [1.29, 1.82) is 0 Å². The number of methoxy groups -OCH3 is 2. The SMILES string of the molecule is COc1ccc(S(=O)(=O)Nc2nc(C)c(C)s2)cc1OC. The zero-order valence-electron chi connectivity index (χ0n) is 12.1. The molecule has 0 saturated heterocycles. The molecule has 0 bridgehead atoms. The molecule has 0 aliphatic carbocycles. The number of hydrogen-bond acceptors (Lipinski definition) is 6. The minimum absolute atomic E-state index is 0.0886. The zero-order valence-corrected chi connectivity index (χ0v) is 13.8. The molecular formula is C13H16N2O4S2. The zero-order chi connectivity index (χ0) is 15.6. The summed E-state index contributed by atoms with van der Waals surface area (Å²) in [5.74, 6) is 0.823. The number of thiazole rings is 1. The number of nitrogens with one attached hydrogen (secondary N) is 1. The van der Waals surface area contributed by atoms with Crippen LogP contribution in [-0.2, 0) is 10.0 Å². The lowest BCUT2D eigenvalue weighted by Crippen LogP contribution is -2.13. The molecule has 8 heteroatoms. The Morgan fingerprint density at radius 2 is 1.81 bits per heavy atom. The lowest BCUT2D eigenvalue weighted by molar-refractivity contribution is 0.354. The van der Waals surface area contributed by atoms with Gasteiger partial charge in [-0.2, -0.15) is 0 Å². The summed E-state index contributed by atoms with van der Waals surface area (Å²) in [6.45, 7) is 3.72. The van der Waals surface area contributed by atoms with Gasteiger partial charge in [0.1, 0.15) is 0 Å². The highest BCUT2D eigenvalue weighted by molar-refractivity contribution is 7.93. The van der Waals surface area contributed by atoms with Crippen LogP contribution in [0.3, 0.4) is 0 Å². The van der Waals surface area contributed by atoms with Crippen molar-refractivity contribution in [3.05, 3.63) is 28.8 Å². The Balaban J connectivity index is 2.35. The summed E-state index contributed by atoms with van der Waals surface area (Å²) < 4.78 is 37.4. The molecule has 2 aromatic rings. The van der Waals surface area contributed by atoms with Gasteiger partial charge in [-0.3, -0.25) is 4.72 Å². The smallest absolute Gasteiger partial charge is 0.263 e. The lowest BCUT2D eigenvalue weighted by atomic mass is 10.3.